The van der Waals surface area contributed by atoms with E-state index in [-0.39, 0.29) is 0 Å². The fraction of sp³-hybridized carbons (Fsp3) is 0.308. The maximum Gasteiger partial charge on any atom is 0.136 e. The first-order valence-electron chi connectivity index (χ1n) is 5.70. The minimum Gasteiger partial charge on any atom is -0.383 e. The second-order valence-electron chi connectivity index (χ2n) is 4.20. The van der Waals surface area contributed by atoms with Crippen LogP contribution in [0.4, 0.5) is 5.82 Å². The molecule has 0 bridgehead atoms. The van der Waals surface area contributed by atoms with Crippen molar-refractivity contribution in [1.82, 2.24) is 9.78 Å². The summed E-state index contributed by atoms with van der Waals surface area (Å²) in [6, 6.07) is 10.5. The highest BCUT2D eigenvalue weighted by Crippen LogP contribution is 2.22. The molecule has 1 aromatic carbocycles. The minimum atomic E-state index is 0.513. The summed E-state index contributed by atoms with van der Waals surface area (Å²) in [6.45, 7) is 3.07. The molecule has 1 heterocycles. The van der Waals surface area contributed by atoms with Gasteiger partial charge in [-0.3, -0.25) is 0 Å². The topological polar surface area (TPSA) is 43.8 Å². The van der Waals surface area contributed by atoms with Crippen molar-refractivity contribution in [1.29, 1.82) is 0 Å². The molecule has 0 radical (unpaired) electrons. The van der Waals surface area contributed by atoms with Crippen LogP contribution in [0.5, 0.6) is 0 Å². The molecular weight excluding hydrogens is 278 g/mol. The summed E-state index contributed by atoms with van der Waals surface area (Å²) in [7, 11) is 0. The van der Waals surface area contributed by atoms with E-state index in [1.54, 1.807) is 6.20 Å². The molecule has 0 spiro atoms. The molecule has 3 nitrogen and oxygen atoms in total. The average Bonchev–Trinajstić information content (AvgIpc) is 2.68. The van der Waals surface area contributed by atoms with Gasteiger partial charge in [0.1, 0.15) is 5.82 Å². The van der Waals surface area contributed by atoms with E-state index < -0.39 is 0 Å². The number of anilines is 1. The molecule has 0 aliphatic rings. The second kappa shape index (κ2) is 5.36. The zero-order valence-corrected chi connectivity index (χ0v) is 11.4. The molecule has 1 unspecified atom stereocenters. The molecule has 2 aromatic rings. The summed E-state index contributed by atoms with van der Waals surface area (Å²) in [5.74, 6) is 1.21. The second-order valence-corrected chi connectivity index (χ2v) is 5.06. The van der Waals surface area contributed by atoms with E-state index in [1.165, 1.54) is 5.56 Å². The van der Waals surface area contributed by atoms with Gasteiger partial charge in [0.15, 0.2) is 0 Å². The summed E-state index contributed by atoms with van der Waals surface area (Å²) in [5, 5.41) is 4.23. The lowest BCUT2D eigenvalue weighted by atomic mass is 9.98. The Labute approximate surface area is 110 Å². The number of nitrogen functional groups attached to an aromatic ring is 1. The number of nitrogens with zero attached hydrogens (tertiary/aromatic N) is 2. The SMILES string of the molecule is CC(CCn1ncc(Br)c1N)c1ccccc1. The molecule has 90 valence electrons. The molecule has 1 atom stereocenters. The van der Waals surface area contributed by atoms with Crippen molar-refractivity contribution in [3.05, 3.63) is 46.6 Å². The van der Waals surface area contributed by atoms with Crippen molar-refractivity contribution in [2.75, 3.05) is 5.73 Å². The third-order valence-corrected chi connectivity index (χ3v) is 3.59. The molecule has 4 heteroatoms. The first-order valence-corrected chi connectivity index (χ1v) is 6.49. The Morgan fingerprint density at radius 1 is 1.35 bits per heavy atom. The van der Waals surface area contributed by atoms with E-state index >= 15 is 0 Å². The Morgan fingerprint density at radius 2 is 2.06 bits per heavy atom. The van der Waals surface area contributed by atoms with Gasteiger partial charge in [0.25, 0.3) is 0 Å². The smallest absolute Gasteiger partial charge is 0.136 e. The van der Waals surface area contributed by atoms with E-state index in [4.69, 9.17) is 5.73 Å². The van der Waals surface area contributed by atoms with Crippen LogP contribution in [0.2, 0.25) is 0 Å². The van der Waals surface area contributed by atoms with E-state index in [1.807, 2.05) is 10.7 Å². The number of benzene rings is 1. The lowest BCUT2D eigenvalue weighted by molar-refractivity contribution is 0.539. The van der Waals surface area contributed by atoms with Crippen LogP contribution in [0.1, 0.15) is 24.8 Å². The van der Waals surface area contributed by atoms with Crippen LogP contribution in [-0.2, 0) is 6.54 Å². The number of nitrogens with two attached hydrogens (primary N) is 1. The maximum atomic E-state index is 5.88. The fourth-order valence-electron chi connectivity index (χ4n) is 1.81. The molecule has 0 saturated carbocycles. The largest absolute Gasteiger partial charge is 0.383 e. The normalized spacial score (nSPS) is 12.6. The van der Waals surface area contributed by atoms with Crippen molar-refractivity contribution in [3.63, 3.8) is 0 Å². The maximum absolute atomic E-state index is 5.88. The van der Waals surface area contributed by atoms with Gasteiger partial charge in [-0.2, -0.15) is 5.10 Å². The lowest BCUT2D eigenvalue weighted by Gasteiger charge is -2.12. The molecule has 1 aromatic heterocycles. The zero-order chi connectivity index (χ0) is 12.3. The lowest BCUT2D eigenvalue weighted by Crippen LogP contribution is -2.07. The molecule has 0 aliphatic heterocycles. The molecule has 17 heavy (non-hydrogen) atoms. The van der Waals surface area contributed by atoms with E-state index in [9.17, 15) is 0 Å². The number of halogens is 1. The van der Waals surface area contributed by atoms with E-state index in [0.717, 1.165) is 17.4 Å². The van der Waals surface area contributed by atoms with Gasteiger partial charge in [-0.15, -0.1) is 0 Å². The Bertz CT molecular complexity index is 479. The Balaban J connectivity index is 1.97. The van der Waals surface area contributed by atoms with Crippen molar-refractivity contribution in [2.45, 2.75) is 25.8 Å². The van der Waals surface area contributed by atoms with Gasteiger partial charge in [-0.1, -0.05) is 37.3 Å². The third-order valence-electron chi connectivity index (χ3n) is 2.98. The van der Waals surface area contributed by atoms with Crippen molar-refractivity contribution >= 4 is 21.7 Å². The Hall–Kier alpha value is -1.29. The van der Waals surface area contributed by atoms with Crippen LogP contribution in [0.15, 0.2) is 41.0 Å². The van der Waals surface area contributed by atoms with Crippen LogP contribution >= 0.6 is 15.9 Å². The summed E-state index contributed by atoms with van der Waals surface area (Å²) in [6.07, 6.45) is 2.77. The molecule has 0 aliphatic carbocycles. The first kappa shape index (κ1) is 12.2. The first-order chi connectivity index (χ1) is 8.18. The van der Waals surface area contributed by atoms with Gasteiger partial charge >= 0.3 is 0 Å². The molecule has 2 N–H and O–H groups in total. The van der Waals surface area contributed by atoms with Crippen LogP contribution in [0, 0.1) is 0 Å². The van der Waals surface area contributed by atoms with Crippen molar-refractivity contribution in [3.8, 4) is 0 Å². The number of rotatable bonds is 4. The molecule has 0 saturated heterocycles. The number of hydrogen-bond donors (Lipinski definition) is 1. The van der Waals surface area contributed by atoms with Crippen molar-refractivity contribution < 1.29 is 0 Å². The predicted molar refractivity (Wildman–Crippen MR) is 73.8 cm³/mol. The van der Waals surface area contributed by atoms with Crippen LogP contribution < -0.4 is 5.73 Å². The number of aromatic nitrogens is 2. The van der Waals surface area contributed by atoms with E-state index in [0.29, 0.717) is 11.7 Å². The fourth-order valence-corrected chi connectivity index (χ4v) is 2.11. The van der Waals surface area contributed by atoms with Gasteiger partial charge < -0.3 is 5.73 Å². The van der Waals surface area contributed by atoms with Gasteiger partial charge in [0.2, 0.25) is 0 Å². The summed E-state index contributed by atoms with van der Waals surface area (Å²) in [4.78, 5) is 0. The Kier molecular flexibility index (Phi) is 3.84. The standard InChI is InChI=1S/C13H16BrN3/c1-10(11-5-3-2-4-6-11)7-8-17-13(15)12(14)9-16-17/h2-6,9-10H,7-8,15H2,1H3. The molecular formula is C13H16BrN3. The summed E-state index contributed by atoms with van der Waals surface area (Å²) < 4.78 is 2.70. The van der Waals surface area contributed by atoms with Gasteiger partial charge in [-0.05, 0) is 33.8 Å². The zero-order valence-electron chi connectivity index (χ0n) is 9.81. The highest BCUT2D eigenvalue weighted by Gasteiger charge is 2.08. The summed E-state index contributed by atoms with van der Waals surface area (Å²) >= 11 is 3.36. The van der Waals surface area contributed by atoms with Crippen LogP contribution in [0.3, 0.4) is 0 Å². The van der Waals surface area contributed by atoms with Crippen molar-refractivity contribution in [2.24, 2.45) is 0 Å². The quantitative estimate of drug-likeness (QED) is 0.939. The third kappa shape index (κ3) is 2.88. The van der Waals surface area contributed by atoms with Gasteiger partial charge in [0, 0.05) is 6.54 Å². The van der Waals surface area contributed by atoms with Crippen LogP contribution in [-0.4, -0.2) is 9.78 Å². The predicted octanol–water partition coefficient (Wildman–Crippen LogP) is 3.42. The van der Waals surface area contributed by atoms with Crippen LogP contribution in [0.25, 0.3) is 0 Å². The molecule has 2 rings (SSSR count). The summed E-state index contributed by atoms with van der Waals surface area (Å²) in [5.41, 5.74) is 7.24. The van der Waals surface area contributed by atoms with Gasteiger partial charge in [0.05, 0.1) is 10.7 Å². The highest BCUT2D eigenvalue weighted by atomic mass is 79.9. The monoisotopic (exact) mass is 293 g/mol. The number of aryl methyl sites for hydroxylation is 1. The van der Waals surface area contributed by atoms with Gasteiger partial charge in [-0.25, -0.2) is 4.68 Å². The minimum absolute atomic E-state index is 0.513. The Morgan fingerprint density at radius 3 is 2.65 bits per heavy atom. The highest BCUT2D eigenvalue weighted by molar-refractivity contribution is 9.10. The van der Waals surface area contributed by atoms with E-state index in [2.05, 4.69) is 52.2 Å². The number of hydrogen-bond acceptors (Lipinski definition) is 2. The average molecular weight is 294 g/mol. The molecule has 0 amide bonds. The molecule has 0 fully saturated rings.